The largest absolute Gasteiger partial charge is 0.496 e. The number of ether oxygens (including phenoxy) is 1. The number of benzene rings is 1. The van der Waals surface area contributed by atoms with E-state index >= 15 is 0 Å². The molecule has 23 heavy (non-hydrogen) atoms. The van der Waals surface area contributed by atoms with Gasteiger partial charge in [-0.05, 0) is 30.9 Å². The van der Waals surface area contributed by atoms with Gasteiger partial charge in [0.1, 0.15) is 11.2 Å². The quantitative estimate of drug-likeness (QED) is 0.921. The molecule has 1 aromatic heterocycles. The summed E-state index contributed by atoms with van der Waals surface area (Å²) in [7, 11) is 1.69. The Hall–Kier alpha value is -2.44. The summed E-state index contributed by atoms with van der Waals surface area (Å²) in [5.74, 6) is 1.56. The zero-order valence-electron chi connectivity index (χ0n) is 13.1. The molecule has 0 bridgehead atoms. The maximum Gasteiger partial charge on any atom is 0.236 e. The smallest absolute Gasteiger partial charge is 0.236 e. The highest BCUT2D eigenvalue weighted by Gasteiger charge is 2.51. The number of aromatic amines is 1. The van der Waals surface area contributed by atoms with Crippen molar-refractivity contribution in [2.45, 2.75) is 37.6 Å². The molecule has 1 saturated carbocycles. The first-order chi connectivity index (χ1) is 11.2. The van der Waals surface area contributed by atoms with E-state index in [0.29, 0.717) is 18.9 Å². The number of tetrazole rings is 1. The van der Waals surface area contributed by atoms with Gasteiger partial charge in [-0.15, -0.1) is 10.2 Å². The zero-order valence-corrected chi connectivity index (χ0v) is 13.1. The van der Waals surface area contributed by atoms with Gasteiger partial charge in [0, 0.05) is 18.7 Å². The van der Waals surface area contributed by atoms with Crippen LogP contribution < -0.4 is 4.74 Å². The van der Waals surface area contributed by atoms with E-state index in [1.54, 1.807) is 7.11 Å². The molecular weight excluding hydrogens is 294 g/mol. The summed E-state index contributed by atoms with van der Waals surface area (Å²) in [5, 5.41) is 14.3. The van der Waals surface area contributed by atoms with E-state index in [1.807, 2.05) is 17.0 Å². The van der Waals surface area contributed by atoms with Crippen molar-refractivity contribution in [2.75, 3.05) is 13.7 Å². The summed E-state index contributed by atoms with van der Waals surface area (Å²) in [6.07, 6.45) is 3.44. The first-order valence-corrected chi connectivity index (χ1v) is 7.93. The van der Waals surface area contributed by atoms with Crippen LogP contribution >= 0.6 is 0 Å². The minimum absolute atomic E-state index is 0.124. The van der Waals surface area contributed by atoms with Gasteiger partial charge in [0.25, 0.3) is 0 Å². The lowest BCUT2D eigenvalue weighted by atomic mass is 9.67. The highest BCUT2D eigenvalue weighted by atomic mass is 16.5. The number of hydrogen-bond acceptors (Lipinski definition) is 5. The predicted octanol–water partition coefficient (Wildman–Crippen LogP) is 1.21. The Kier molecular flexibility index (Phi) is 3.28. The van der Waals surface area contributed by atoms with Crippen LogP contribution in [0.15, 0.2) is 18.2 Å². The standard InChI is InChI=1S/C16H19N5O2/c1-23-13-5-2-4-11-10-21(9-6-12(11)13)15(22)16(7-3-8-16)14-17-19-20-18-14/h2,4-5H,3,6-10H2,1H3,(H,17,18,19,20). The third-order valence-electron chi connectivity index (χ3n) is 5.12. The summed E-state index contributed by atoms with van der Waals surface area (Å²) >= 11 is 0. The van der Waals surface area contributed by atoms with Crippen LogP contribution in [-0.2, 0) is 23.2 Å². The van der Waals surface area contributed by atoms with E-state index in [-0.39, 0.29) is 5.91 Å². The Balaban J connectivity index is 1.61. The number of amides is 1. The molecule has 1 fully saturated rings. The van der Waals surface area contributed by atoms with E-state index in [9.17, 15) is 4.79 Å². The number of aromatic nitrogens is 4. The molecule has 7 heteroatoms. The molecule has 0 saturated heterocycles. The molecule has 1 N–H and O–H groups in total. The number of carbonyl (C=O) groups is 1. The first-order valence-electron chi connectivity index (χ1n) is 7.93. The second-order valence-corrected chi connectivity index (χ2v) is 6.25. The van der Waals surface area contributed by atoms with Crippen molar-refractivity contribution in [1.82, 2.24) is 25.5 Å². The summed E-state index contributed by atoms with van der Waals surface area (Å²) in [6.45, 7) is 1.32. The molecule has 1 aliphatic heterocycles. The van der Waals surface area contributed by atoms with Crippen molar-refractivity contribution >= 4 is 5.91 Å². The molecule has 0 unspecified atom stereocenters. The van der Waals surface area contributed by atoms with Crippen LogP contribution in [0.1, 0.15) is 36.2 Å². The number of H-pyrrole nitrogens is 1. The lowest BCUT2D eigenvalue weighted by Gasteiger charge is -2.42. The molecule has 7 nitrogen and oxygen atoms in total. The van der Waals surface area contributed by atoms with Crippen molar-refractivity contribution in [3.8, 4) is 5.75 Å². The molecular formula is C16H19N5O2. The maximum absolute atomic E-state index is 13.1. The summed E-state index contributed by atoms with van der Waals surface area (Å²) < 4.78 is 5.43. The van der Waals surface area contributed by atoms with Gasteiger partial charge in [-0.2, -0.15) is 5.21 Å². The number of rotatable bonds is 3. The SMILES string of the molecule is COc1cccc2c1CCN(C(=O)C1(c3nn[nH]n3)CCC1)C2. The van der Waals surface area contributed by atoms with Crippen LogP contribution in [-0.4, -0.2) is 45.1 Å². The van der Waals surface area contributed by atoms with Crippen molar-refractivity contribution < 1.29 is 9.53 Å². The average Bonchev–Trinajstić information content (AvgIpc) is 3.07. The Morgan fingerprint density at radius 2 is 2.26 bits per heavy atom. The molecule has 1 aliphatic carbocycles. The molecule has 2 aromatic rings. The minimum Gasteiger partial charge on any atom is -0.496 e. The second kappa shape index (κ2) is 5.33. The maximum atomic E-state index is 13.1. The van der Waals surface area contributed by atoms with E-state index < -0.39 is 5.41 Å². The molecule has 0 atom stereocenters. The zero-order chi connectivity index (χ0) is 15.9. The number of fused-ring (bicyclic) bond motifs is 1. The number of nitrogens with zero attached hydrogens (tertiary/aromatic N) is 4. The van der Waals surface area contributed by atoms with E-state index in [4.69, 9.17) is 4.74 Å². The van der Waals surface area contributed by atoms with E-state index in [0.717, 1.165) is 37.0 Å². The lowest BCUT2D eigenvalue weighted by Crippen LogP contribution is -2.52. The third kappa shape index (κ3) is 2.10. The van der Waals surface area contributed by atoms with Gasteiger partial charge in [0.2, 0.25) is 5.91 Å². The number of nitrogens with one attached hydrogen (secondary N) is 1. The van der Waals surface area contributed by atoms with Gasteiger partial charge in [0.15, 0.2) is 5.82 Å². The average molecular weight is 313 g/mol. The molecule has 120 valence electrons. The van der Waals surface area contributed by atoms with Gasteiger partial charge < -0.3 is 9.64 Å². The van der Waals surface area contributed by atoms with Crippen LogP contribution in [0, 0.1) is 0 Å². The van der Waals surface area contributed by atoms with Crippen LogP contribution in [0.3, 0.4) is 0 Å². The highest BCUT2D eigenvalue weighted by molar-refractivity contribution is 5.88. The fraction of sp³-hybridized carbons (Fsp3) is 0.500. The predicted molar refractivity (Wildman–Crippen MR) is 81.8 cm³/mol. The molecule has 2 aliphatic rings. The molecule has 0 radical (unpaired) electrons. The minimum atomic E-state index is -0.580. The van der Waals surface area contributed by atoms with Crippen molar-refractivity contribution in [2.24, 2.45) is 0 Å². The summed E-state index contributed by atoms with van der Waals surface area (Å²) in [4.78, 5) is 15.1. The normalized spacial score (nSPS) is 18.9. The van der Waals surface area contributed by atoms with E-state index in [2.05, 4.69) is 26.7 Å². The number of methoxy groups -OCH3 is 1. The third-order valence-corrected chi connectivity index (χ3v) is 5.12. The highest BCUT2D eigenvalue weighted by Crippen LogP contribution is 2.44. The van der Waals surface area contributed by atoms with Crippen LogP contribution in [0.2, 0.25) is 0 Å². The summed E-state index contributed by atoms with van der Waals surface area (Å²) in [6, 6.07) is 6.02. The lowest BCUT2D eigenvalue weighted by molar-refractivity contribution is -0.142. The number of hydrogen-bond donors (Lipinski definition) is 1. The van der Waals surface area contributed by atoms with Crippen LogP contribution in [0.5, 0.6) is 5.75 Å². The topological polar surface area (TPSA) is 84.0 Å². The second-order valence-electron chi connectivity index (χ2n) is 6.25. The number of carbonyl (C=O) groups excluding carboxylic acids is 1. The van der Waals surface area contributed by atoms with Crippen LogP contribution in [0.4, 0.5) is 0 Å². The van der Waals surface area contributed by atoms with Crippen LogP contribution in [0.25, 0.3) is 0 Å². The van der Waals surface area contributed by atoms with Gasteiger partial charge in [-0.25, -0.2) is 0 Å². The Morgan fingerprint density at radius 1 is 1.39 bits per heavy atom. The molecule has 1 amide bonds. The van der Waals surface area contributed by atoms with Crippen molar-refractivity contribution in [3.63, 3.8) is 0 Å². The van der Waals surface area contributed by atoms with Gasteiger partial charge in [-0.3, -0.25) is 4.79 Å². The van der Waals surface area contributed by atoms with Gasteiger partial charge >= 0.3 is 0 Å². The molecule has 4 rings (SSSR count). The Morgan fingerprint density at radius 3 is 2.91 bits per heavy atom. The molecule has 1 aromatic carbocycles. The fourth-order valence-electron chi connectivity index (χ4n) is 3.67. The molecule has 0 spiro atoms. The molecule has 2 heterocycles. The van der Waals surface area contributed by atoms with Gasteiger partial charge in [0.05, 0.1) is 7.11 Å². The Labute approximate surface area is 134 Å². The summed E-state index contributed by atoms with van der Waals surface area (Å²) in [5.41, 5.74) is 1.79. The Bertz CT molecular complexity index is 724. The monoisotopic (exact) mass is 313 g/mol. The first kappa shape index (κ1) is 14.2. The van der Waals surface area contributed by atoms with E-state index in [1.165, 1.54) is 5.56 Å². The van der Waals surface area contributed by atoms with Gasteiger partial charge in [-0.1, -0.05) is 23.8 Å². The van der Waals surface area contributed by atoms with Crippen molar-refractivity contribution in [3.05, 3.63) is 35.2 Å². The fourth-order valence-corrected chi connectivity index (χ4v) is 3.67. The van der Waals surface area contributed by atoms with Crippen molar-refractivity contribution in [1.29, 1.82) is 0 Å².